The van der Waals surface area contributed by atoms with Crippen molar-refractivity contribution < 1.29 is 0 Å². The summed E-state index contributed by atoms with van der Waals surface area (Å²) >= 11 is 0. The first kappa shape index (κ1) is 12.4. The molecule has 1 saturated carbocycles. The molecule has 2 nitrogen and oxygen atoms in total. The van der Waals surface area contributed by atoms with Crippen molar-refractivity contribution in [3.05, 3.63) is 0 Å². The van der Waals surface area contributed by atoms with Crippen molar-refractivity contribution in [2.45, 2.75) is 52.0 Å². The molecule has 0 spiro atoms. The topological polar surface area (TPSA) is 15.3 Å². The third-order valence-electron chi connectivity index (χ3n) is 4.46. The molecule has 0 aromatic rings. The number of nitrogens with zero attached hydrogens (tertiary/aromatic N) is 1. The van der Waals surface area contributed by atoms with Crippen LogP contribution in [0.15, 0.2) is 0 Å². The lowest BCUT2D eigenvalue weighted by Gasteiger charge is -2.42. The third-order valence-corrected chi connectivity index (χ3v) is 4.46. The lowest BCUT2D eigenvalue weighted by Crippen LogP contribution is -2.47. The van der Waals surface area contributed by atoms with E-state index < -0.39 is 0 Å². The van der Waals surface area contributed by atoms with E-state index in [0.717, 1.165) is 18.4 Å². The summed E-state index contributed by atoms with van der Waals surface area (Å²) in [7, 11) is 0. The number of likely N-dealkylation sites (tertiary alicyclic amines) is 1. The van der Waals surface area contributed by atoms with Crippen LogP contribution in [0.4, 0.5) is 0 Å². The predicted molar refractivity (Wildman–Crippen MR) is 69.6 cm³/mol. The van der Waals surface area contributed by atoms with Gasteiger partial charge >= 0.3 is 0 Å². The second-order valence-electron chi connectivity index (χ2n) is 5.81. The van der Waals surface area contributed by atoms with E-state index in [1.54, 1.807) is 0 Å². The molecule has 1 saturated heterocycles. The highest BCUT2D eigenvalue weighted by molar-refractivity contribution is 4.84. The molecule has 3 atom stereocenters. The quantitative estimate of drug-likeness (QED) is 0.789. The van der Waals surface area contributed by atoms with Gasteiger partial charge in [-0.1, -0.05) is 26.2 Å². The van der Waals surface area contributed by atoms with Gasteiger partial charge in [0.2, 0.25) is 0 Å². The molecule has 1 aliphatic carbocycles. The van der Waals surface area contributed by atoms with Gasteiger partial charge in [0.05, 0.1) is 0 Å². The van der Waals surface area contributed by atoms with Crippen molar-refractivity contribution in [2.24, 2.45) is 11.8 Å². The second-order valence-corrected chi connectivity index (χ2v) is 5.81. The van der Waals surface area contributed by atoms with Crippen LogP contribution in [-0.2, 0) is 0 Å². The van der Waals surface area contributed by atoms with Crippen LogP contribution in [0.2, 0.25) is 0 Å². The van der Waals surface area contributed by atoms with Gasteiger partial charge in [-0.3, -0.25) is 0 Å². The van der Waals surface area contributed by atoms with E-state index in [1.165, 1.54) is 51.7 Å². The maximum Gasteiger partial charge on any atom is 0.0166 e. The van der Waals surface area contributed by atoms with Crippen LogP contribution < -0.4 is 5.32 Å². The zero-order valence-corrected chi connectivity index (χ0v) is 11.0. The summed E-state index contributed by atoms with van der Waals surface area (Å²) in [5.74, 6) is 2.09. The molecule has 0 radical (unpaired) electrons. The summed E-state index contributed by atoms with van der Waals surface area (Å²) in [6.07, 6.45) is 7.45. The van der Waals surface area contributed by atoms with Crippen LogP contribution in [0.25, 0.3) is 0 Å². The van der Waals surface area contributed by atoms with Crippen LogP contribution in [0.1, 0.15) is 46.0 Å². The van der Waals surface area contributed by atoms with Crippen molar-refractivity contribution in [2.75, 3.05) is 26.2 Å². The molecule has 16 heavy (non-hydrogen) atoms. The highest BCUT2D eigenvalue weighted by atomic mass is 15.2. The van der Waals surface area contributed by atoms with Gasteiger partial charge in [-0.15, -0.1) is 0 Å². The van der Waals surface area contributed by atoms with Gasteiger partial charge in [0.15, 0.2) is 0 Å². The first-order chi connectivity index (χ1) is 7.79. The van der Waals surface area contributed by atoms with Gasteiger partial charge in [-0.05, 0) is 44.7 Å². The van der Waals surface area contributed by atoms with E-state index in [1.807, 2.05) is 0 Å². The molecular weight excluding hydrogens is 196 g/mol. The first-order valence-corrected chi connectivity index (χ1v) is 7.25. The number of rotatable bonds is 4. The lowest BCUT2D eigenvalue weighted by molar-refractivity contribution is 0.0814. The van der Waals surface area contributed by atoms with Crippen molar-refractivity contribution in [3.63, 3.8) is 0 Å². The van der Waals surface area contributed by atoms with Crippen molar-refractivity contribution in [3.8, 4) is 0 Å². The van der Waals surface area contributed by atoms with Crippen molar-refractivity contribution in [1.82, 2.24) is 10.2 Å². The second kappa shape index (κ2) is 6.02. The Morgan fingerprint density at radius 3 is 2.69 bits per heavy atom. The fourth-order valence-electron chi connectivity index (χ4n) is 3.64. The summed E-state index contributed by atoms with van der Waals surface area (Å²) in [5.41, 5.74) is 0. The number of likely N-dealkylation sites (N-methyl/N-ethyl adjacent to an activating group) is 1. The maximum atomic E-state index is 3.52. The van der Waals surface area contributed by atoms with E-state index in [-0.39, 0.29) is 0 Å². The average molecular weight is 224 g/mol. The van der Waals surface area contributed by atoms with Gasteiger partial charge < -0.3 is 10.2 Å². The summed E-state index contributed by atoms with van der Waals surface area (Å²) in [4.78, 5) is 2.69. The van der Waals surface area contributed by atoms with Gasteiger partial charge in [0.1, 0.15) is 0 Å². The van der Waals surface area contributed by atoms with Crippen LogP contribution in [0.5, 0.6) is 0 Å². The molecule has 2 heteroatoms. The van der Waals surface area contributed by atoms with Crippen molar-refractivity contribution >= 4 is 0 Å². The first-order valence-electron chi connectivity index (χ1n) is 7.25. The largest absolute Gasteiger partial charge is 0.313 e. The molecule has 1 N–H and O–H groups in total. The smallest absolute Gasteiger partial charge is 0.0166 e. The molecule has 0 amide bonds. The molecule has 0 aromatic heterocycles. The normalized spacial score (nSPS) is 33.4. The van der Waals surface area contributed by atoms with Crippen LogP contribution in [0.3, 0.4) is 0 Å². The van der Waals surface area contributed by atoms with Gasteiger partial charge in [0, 0.05) is 19.1 Å². The fraction of sp³-hybridized carbons (Fsp3) is 1.00. The minimum absolute atomic E-state index is 0.658. The number of hydrogen-bond acceptors (Lipinski definition) is 2. The van der Waals surface area contributed by atoms with Crippen LogP contribution in [0, 0.1) is 11.8 Å². The molecule has 0 aromatic carbocycles. The summed E-state index contributed by atoms with van der Waals surface area (Å²) in [6.45, 7) is 9.58. The lowest BCUT2D eigenvalue weighted by atomic mass is 9.75. The van der Waals surface area contributed by atoms with E-state index in [2.05, 4.69) is 24.1 Å². The molecule has 0 bridgehead atoms. The van der Waals surface area contributed by atoms with Crippen LogP contribution in [-0.4, -0.2) is 37.1 Å². The van der Waals surface area contributed by atoms with E-state index in [4.69, 9.17) is 0 Å². The maximum absolute atomic E-state index is 3.52. The monoisotopic (exact) mass is 224 g/mol. The Morgan fingerprint density at radius 2 is 1.94 bits per heavy atom. The Balaban J connectivity index is 1.76. The highest BCUT2D eigenvalue weighted by Crippen LogP contribution is 2.35. The molecule has 2 rings (SSSR count). The predicted octanol–water partition coefficient (Wildman–Crippen LogP) is 2.50. The number of hydrogen-bond donors (Lipinski definition) is 1. The standard InChI is InChI=1S/C14H28N2/c1-3-15-12(2)10-16-9-8-13-6-4-5-7-14(13)11-16/h12-15H,3-11H2,1-2H3. The Morgan fingerprint density at radius 1 is 1.19 bits per heavy atom. The van der Waals surface area contributed by atoms with E-state index in [9.17, 15) is 0 Å². The van der Waals surface area contributed by atoms with Gasteiger partial charge in [0.25, 0.3) is 0 Å². The summed E-state index contributed by atoms with van der Waals surface area (Å²) < 4.78 is 0. The zero-order valence-electron chi connectivity index (χ0n) is 11.0. The van der Waals surface area contributed by atoms with E-state index >= 15 is 0 Å². The fourth-order valence-corrected chi connectivity index (χ4v) is 3.64. The Labute approximate surface area is 101 Å². The Kier molecular flexibility index (Phi) is 4.66. The molecule has 1 heterocycles. The number of fused-ring (bicyclic) bond motifs is 1. The SMILES string of the molecule is CCNC(C)CN1CCC2CCCCC2C1. The third kappa shape index (κ3) is 3.21. The molecule has 3 unspecified atom stereocenters. The average Bonchev–Trinajstić information content (AvgIpc) is 2.29. The minimum Gasteiger partial charge on any atom is -0.313 e. The van der Waals surface area contributed by atoms with Gasteiger partial charge in [-0.2, -0.15) is 0 Å². The Bertz CT molecular complexity index is 205. The molecule has 2 fully saturated rings. The number of piperidine rings is 1. The minimum atomic E-state index is 0.658. The zero-order chi connectivity index (χ0) is 11.4. The Hall–Kier alpha value is -0.0800. The molecular formula is C14H28N2. The molecule has 1 aliphatic heterocycles. The summed E-state index contributed by atoms with van der Waals surface area (Å²) in [5, 5.41) is 3.52. The molecule has 94 valence electrons. The summed E-state index contributed by atoms with van der Waals surface area (Å²) in [6, 6.07) is 0.658. The highest BCUT2D eigenvalue weighted by Gasteiger charge is 2.31. The van der Waals surface area contributed by atoms with E-state index in [0.29, 0.717) is 6.04 Å². The number of nitrogens with one attached hydrogen (secondary N) is 1. The van der Waals surface area contributed by atoms with Crippen molar-refractivity contribution in [1.29, 1.82) is 0 Å². The molecule has 2 aliphatic rings. The van der Waals surface area contributed by atoms with Gasteiger partial charge in [-0.25, -0.2) is 0 Å². The van der Waals surface area contributed by atoms with Crippen LogP contribution >= 0.6 is 0 Å².